The lowest BCUT2D eigenvalue weighted by molar-refractivity contribution is 0.0912. The van der Waals surface area contributed by atoms with Gasteiger partial charge in [-0.2, -0.15) is 9.29 Å². The van der Waals surface area contributed by atoms with Gasteiger partial charge >= 0.3 is 0 Å². The zero-order valence-electron chi connectivity index (χ0n) is 22.4. The van der Waals surface area contributed by atoms with Crippen LogP contribution in [0, 0.1) is 5.82 Å². The Labute approximate surface area is 233 Å². The Balaban J connectivity index is 1.50. The summed E-state index contributed by atoms with van der Waals surface area (Å²) in [5.41, 5.74) is 0.0781. The monoisotopic (exact) mass is 584 g/mol. The minimum Gasteiger partial charge on any atom is -0.495 e. The number of nitrogens with zero attached hydrogens (tertiary/aromatic N) is 4. The van der Waals surface area contributed by atoms with Crippen molar-refractivity contribution in [3.8, 4) is 11.6 Å². The molecule has 2 aromatic rings. The fourth-order valence-electron chi connectivity index (χ4n) is 4.87. The van der Waals surface area contributed by atoms with Crippen LogP contribution < -0.4 is 20.1 Å². The standard InChI is InChI=1S/C25H34ClFN6O5S/c1-32-10-8-15(9-11-32)29-23(34)16-12-22(37-3)19(13-18(16)27)30-25-28-14-17(26)24(31-25)38-21-7-5-6-20(21)33(2)39(4,35)36/h12-15,20-21H,5-11H2,1-4H3,(H,29,34)(H,28,30,31)/t20-,21-/m1/s1. The molecule has 1 saturated heterocycles. The molecule has 0 unspecified atom stereocenters. The molecule has 1 aromatic heterocycles. The fraction of sp³-hybridized carbons (Fsp3) is 0.560. The number of likely N-dealkylation sites (N-methyl/N-ethyl adjacent to an activating group) is 1. The summed E-state index contributed by atoms with van der Waals surface area (Å²) >= 11 is 6.28. The topological polar surface area (TPSA) is 126 Å². The van der Waals surface area contributed by atoms with Gasteiger partial charge in [0.15, 0.2) is 0 Å². The van der Waals surface area contributed by atoms with E-state index in [1.54, 1.807) is 0 Å². The lowest BCUT2D eigenvalue weighted by Gasteiger charge is -2.29. The Morgan fingerprint density at radius 2 is 1.95 bits per heavy atom. The maximum Gasteiger partial charge on any atom is 0.254 e. The molecule has 2 fully saturated rings. The predicted molar refractivity (Wildman–Crippen MR) is 146 cm³/mol. The quantitative estimate of drug-likeness (QED) is 0.457. The number of ether oxygens (including phenoxy) is 2. The van der Waals surface area contributed by atoms with E-state index in [0.717, 1.165) is 44.7 Å². The highest BCUT2D eigenvalue weighted by molar-refractivity contribution is 7.88. The van der Waals surface area contributed by atoms with Crippen molar-refractivity contribution < 1.29 is 27.1 Å². The number of piperidine rings is 1. The summed E-state index contributed by atoms with van der Waals surface area (Å²) in [6.07, 6.45) is 5.71. The van der Waals surface area contributed by atoms with E-state index in [1.165, 1.54) is 30.7 Å². The zero-order valence-corrected chi connectivity index (χ0v) is 24.0. The lowest BCUT2D eigenvalue weighted by atomic mass is 10.0. The number of hydrogen-bond acceptors (Lipinski definition) is 9. The van der Waals surface area contributed by atoms with Gasteiger partial charge in [-0.15, -0.1) is 0 Å². The Morgan fingerprint density at radius 3 is 2.62 bits per heavy atom. The third-order valence-electron chi connectivity index (χ3n) is 7.22. The van der Waals surface area contributed by atoms with Crippen LogP contribution in [-0.2, 0) is 10.0 Å². The van der Waals surface area contributed by atoms with E-state index < -0.39 is 27.9 Å². The number of methoxy groups -OCH3 is 1. The summed E-state index contributed by atoms with van der Waals surface area (Å²) in [4.78, 5) is 23.5. The molecule has 14 heteroatoms. The molecule has 1 aromatic carbocycles. The summed E-state index contributed by atoms with van der Waals surface area (Å²) in [7, 11) is 1.55. The molecule has 1 aliphatic heterocycles. The first-order valence-corrected chi connectivity index (χ1v) is 14.9. The van der Waals surface area contributed by atoms with Crippen molar-refractivity contribution in [2.24, 2.45) is 0 Å². The first-order valence-electron chi connectivity index (χ1n) is 12.7. The average Bonchev–Trinajstić information content (AvgIpc) is 3.34. The smallest absolute Gasteiger partial charge is 0.254 e. The molecule has 39 heavy (non-hydrogen) atoms. The molecule has 2 heterocycles. The number of rotatable bonds is 9. The number of likely N-dealkylation sites (tertiary alicyclic amines) is 1. The van der Waals surface area contributed by atoms with Gasteiger partial charge in [0.25, 0.3) is 5.91 Å². The third-order valence-corrected chi connectivity index (χ3v) is 8.79. The Kier molecular flexibility index (Phi) is 9.14. The van der Waals surface area contributed by atoms with Crippen molar-refractivity contribution in [2.75, 3.05) is 45.9 Å². The lowest BCUT2D eigenvalue weighted by Crippen LogP contribution is -2.43. The zero-order chi connectivity index (χ0) is 28.3. The van der Waals surface area contributed by atoms with E-state index in [4.69, 9.17) is 21.1 Å². The number of sulfonamides is 1. The summed E-state index contributed by atoms with van der Waals surface area (Å²) in [5.74, 6) is -0.887. The molecular formula is C25H34ClFN6O5S. The molecule has 1 amide bonds. The van der Waals surface area contributed by atoms with Gasteiger partial charge in [-0.25, -0.2) is 17.8 Å². The van der Waals surface area contributed by atoms with Crippen LogP contribution in [0.25, 0.3) is 0 Å². The second-order valence-corrected chi connectivity index (χ2v) is 12.4. The summed E-state index contributed by atoms with van der Waals surface area (Å²) in [5, 5.41) is 5.95. The normalized spacial score (nSPS) is 20.7. The second-order valence-electron chi connectivity index (χ2n) is 9.99. The maximum absolute atomic E-state index is 15.1. The molecule has 0 radical (unpaired) electrons. The van der Waals surface area contributed by atoms with Gasteiger partial charge in [-0.1, -0.05) is 11.6 Å². The number of aromatic nitrogens is 2. The molecule has 2 N–H and O–H groups in total. The van der Waals surface area contributed by atoms with Crippen LogP contribution in [0.1, 0.15) is 42.5 Å². The second kappa shape index (κ2) is 12.2. The van der Waals surface area contributed by atoms with Crippen LogP contribution in [-0.4, -0.2) is 92.2 Å². The summed E-state index contributed by atoms with van der Waals surface area (Å²) < 4.78 is 51.9. The van der Waals surface area contributed by atoms with Crippen LogP contribution in [0.15, 0.2) is 18.3 Å². The van der Waals surface area contributed by atoms with E-state index >= 15 is 4.39 Å². The van der Waals surface area contributed by atoms with Crippen molar-refractivity contribution in [3.63, 3.8) is 0 Å². The van der Waals surface area contributed by atoms with E-state index in [1.807, 2.05) is 7.05 Å². The van der Waals surface area contributed by atoms with E-state index in [-0.39, 0.29) is 45.9 Å². The number of carbonyl (C=O) groups excluding carboxylic acids is 1. The van der Waals surface area contributed by atoms with Crippen molar-refractivity contribution in [3.05, 3.63) is 34.7 Å². The molecule has 4 rings (SSSR count). The molecular weight excluding hydrogens is 551 g/mol. The summed E-state index contributed by atoms with van der Waals surface area (Å²) in [6.45, 7) is 1.73. The van der Waals surface area contributed by atoms with Gasteiger partial charge in [-0.3, -0.25) is 4.79 Å². The van der Waals surface area contributed by atoms with E-state index in [0.29, 0.717) is 12.8 Å². The highest BCUT2D eigenvalue weighted by atomic mass is 35.5. The molecule has 11 nitrogen and oxygen atoms in total. The molecule has 214 valence electrons. The Bertz CT molecular complexity index is 1310. The first kappa shape index (κ1) is 29.2. The molecule has 0 spiro atoms. The fourth-order valence-corrected chi connectivity index (χ4v) is 5.74. The van der Waals surface area contributed by atoms with Crippen LogP contribution in [0.3, 0.4) is 0 Å². The highest BCUT2D eigenvalue weighted by Gasteiger charge is 2.36. The van der Waals surface area contributed by atoms with Gasteiger partial charge < -0.3 is 25.0 Å². The average molecular weight is 585 g/mol. The molecule has 1 saturated carbocycles. The SMILES string of the molecule is COc1cc(C(=O)NC2CCN(C)CC2)c(F)cc1Nc1ncc(Cl)c(O[C@@H]2CCC[C@H]2N(C)S(C)(=O)=O)n1. The molecule has 2 aliphatic rings. The van der Waals surface area contributed by atoms with Gasteiger partial charge in [0.05, 0.1) is 36.9 Å². The predicted octanol–water partition coefficient (Wildman–Crippen LogP) is 3.04. The van der Waals surface area contributed by atoms with Crippen molar-refractivity contribution in [2.45, 2.75) is 50.3 Å². The molecule has 1 aliphatic carbocycles. The molecule has 2 atom stereocenters. The largest absolute Gasteiger partial charge is 0.495 e. The molecule has 0 bridgehead atoms. The number of benzene rings is 1. The van der Waals surface area contributed by atoms with Gasteiger partial charge in [0, 0.05) is 19.2 Å². The van der Waals surface area contributed by atoms with Crippen molar-refractivity contribution >= 4 is 39.2 Å². The van der Waals surface area contributed by atoms with Gasteiger partial charge in [0.2, 0.25) is 21.9 Å². The number of hydrogen-bond donors (Lipinski definition) is 2. The number of amides is 1. The highest BCUT2D eigenvalue weighted by Crippen LogP contribution is 2.34. The maximum atomic E-state index is 15.1. The van der Waals surface area contributed by atoms with Gasteiger partial charge in [-0.05, 0) is 58.3 Å². The first-order chi connectivity index (χ1) is 18.5. The minimum absolute atomic E-state index is 0.0190. The van der Waals surface area contributed by atoms with Crippen LogP contribution in [0.5, 0.6) is 11.6 Å². The number of halogens is 2. The van der Waals surface area contributed by atoms with Crippen LogP contribution >= 0.6 is 11.6 Å². The van der Waals surface area contributed by atoms with Crippen molar-refractivity contribution in [1.29, 1.82) is 0 Å². The Morgan fingerprint density at radius 1 is 1.23 bits per heavy atom. The number of nitrogens with one attached hydrogen (secondary N) is 2. The Hall–Kier alpha value is -2.74. The van der Waals surface area contributed by atoms with Crippen LogP contribution in [0.4, 0.5) is 16.0 Å². The minimum atomic E-state index is -3.41. The van der Waals surface area contributed by atoms with Crippen LogP contribution in [0.2, 0.25) is 5.02 Å². The van der Waals surface area contributed by atoms with E-state index in [9.17, 15) is 13.2 Å². The summed E-state index contributed by atoms with van der Waals surface area (Å²) in [6, 6.07) is 2.10. The third kappa shape index (κ3) is 7.07. The van der Waals surface area contributed by atoms with Crippen molar-refractivity contribution in [1.82, 2.24) is 24.5 Å². The number of anilines is 2. The van der Waals surface area contributed by atoms with Gasteiger partial charge in [0.1, 0.15) is 22.7 Å². The van der Waals surface area contributed by atoms with E-state index in [2.05, 4.69) is 25.5 Å². The number of carbonyl (C=O) groups is 1.